The van der Waals surface area contributed by atoms with E-state index in [2.05, 4.69) is 4.37 Å². The predicted octanol–water partition coefficient (Wildman–Crippen LogP) is 2.14. The molecule has 0 aliphatic carbocycles. The number of nitrogens with two attached hydrogens (primary N) is 1. The van der Waals surface area contributed by atoms with E-state index in [0.717, 1.165) is 29.8 Å². The van der Waals surface area contributed by atoms with Crippen LogP contribution in [0, 0.1) is 6.92 Å². The Labute approximate surface area is 126 Å². The molecule has 6 heteroatoms. The fourth-order valence-electron chi connectivity index (χ4n) is 2.60. The molecule has 1 aliphatic heterocycles. The fourth-order valence-corrected chi connectivity index (χ4v) is 3.29. The van der Waals surface area contributed by atoms with E-state index in [9.17, 15) is 9.59 Å². The van der Waals surface area contributed by atoms with Crippen molar-refractivity contribution in [2.45, 2.75) is 19.8 Å². The average Bonchev–Trinajstić information content (AvgIpc) is 2.91. The molecule has 0 saturated heterocycles. The van der Waals surface area contributed by atoms with E-state index in [4.69, 9.17) is 5.73 Å². The number of benzene rings is 1. The van der Waals surface area contributed by atoms with Gasteiger partial charge in [0.1, 0.15) is 0 Å². The van der Waals surface area contributed by atoms with Gasteiger partial charge in [0.15, 0.2) is 0 Å². The highest BCUT2D eigenvalue weighted by Gasteiger charge is 2.25. The van der Waals surface area contributed by atoms with Crippen molar-refractivity contribution >= 4 is 29.0 Å². The van der Waals surface area contributed by atoms with Gasteiger partial charge < -0.3 is 10.6 Å². The summed E-state index contributed by atoms with van der Waals surface area (Å²) >= 11 is 1.29. The SMILES string of the molecule is Cc1nscc1C(=O)N1CCCc2cc(C(N)=O)ccc21. The molecule has 0 saturated carbocycles. The number of rotatable bonds is 2. The fraction of sp³-hybridized carbons (Fsp3) is 0.267. The van der Waals surface area contributed by atoms with Gasteiger partial charge in [0.2, 0.25) is 5.91 Å². The number of aryl methyl sites for hydroxylation is 2. The lowest BCUT2D eigenvalue weighted by atomic mass is 9.98. The molecule has 1 aromatic heterocycles. The highest BCUT2D eigenvalue weighted by Crippen LogP contribution is 2.30. The summed E-state index contributed by atoms with van der Waals surface area (Å²) in [5.41, 5.74) is 9.05. The second-order valence-electron chi connectivity index (χ2n) is 5.08. The maximum absolute atomic E-state index is 12.7. The monoisotopic (exact) mass is 301 g/mol. The first-order chi connectivity index (χ1) is 10.1. The Bertz CT molecular complexity index is 723. The molecule has 5 nitrogen and oxygen atoms in total. The molecule has 0 unspecified atom stereocenters. The van der Waals surface area contributed by atoms with Gasteiger partial charge in [-0.05, 0) is 55.1 Å². The number of primary amides is 1. The van der Waals surface area contributed by atoms with E-state index < -0.39 is 5.91 Å². The molecule has 0 radical (unpaired) electrons. The van der Waals surface area contributed by atoms with Crippen molar-refractivity contribution in [1.29, 1.82) is 0 Å². The highest BCUT2D eigenvalue weighted by molar-refractivity contribution is 7.04. The van der Waals surface area contributed by atoms with Crippen molar-refractivity contribution in [2.75, 3.05) is 11.4 Å². The van der Waals surface area contributed by atoms with E-state index in [1.54, 1.807) is 22.4 Å². The molecule has 0 spiro atoms. The normalized spacial score (nSPS) is 13.9. The maximum Gasteiger partial charge on any atom is 0.261 e. The molecule has 0 fully saturated rings. The van der Waals surface area contributed by atoms with Gasteiger partial charge in [0.05, 0.1) is 11.3 Å². The van der Waals surface area contributed by atoms with E-state index in [0.29, 0.717) is 17.7 Å². The number of hydrogen-bond acceptors (Lipinski definition) is 4. The van der Waals surface area contributed by atoms with Gasteiger partial charge in [0.25, 0.3) is 5.91 Å². The Hall–Kier alpha value is -2.21. The van der Waals surface area contributed by atoms with Crippen molar-refractivity contribution in [1.82, 2.24) is 4.37 Å². The number of amides is 2. The number of carbonyl (C=O) groups excluding carboxylic acids is 2. The minimum Gasteiger partial charge on any atom is -0.366 e. The van der Waals surface area contributed by atoms with Crippen molar-refractivity contribution in [3.63, 3.8) is 0 Å². The zero-order valence-corrected chi connectivity index (χ0v) is 12.4. The van der Waals surface area contributed by atoms with Gasteiger partial charge in [-0.2, -0.15) is 4.37 Å². The van der Waals surface area contributed by atoms with Gasteiger partial charge in [-0.1, -0.05) is 0 Å². The van der Waals surface area contributed by atoms with E-state index in [1.807, 2.05) is 13.0 Å². The predicted molar refractivity (Wildman–Crippen MR) is 81.8 cm³/mol. The van der Waals surface area contributed by atoms with Gasteiger partial charge in [-0.3, -0.25) is 9.59 Å². The summed E-state index contributed by atoms with van der Waals surface area (Å²) in [6.07, 6.45) is 1.72. The number of hydrogen-bond donors (Lipinski definition) is 1. The van der Waals surface area contributed by atoms with Crippen LogP contribution >= 0.6 is 11.5 Å². The number of aromatic nitrogens is 1. The van der Waals surface area contributed by atoms with Crippen LogP contribution in [0.2, 0.25) is 0 Å². The van der Waals surface area contributed by atoms with Crippen LogP contribution in [0.3, 0.4) is 0 Å². The maximum atomic E-state index is 12.7. The van der Waals surface area contributed by atoms with Crippen LogP contribution in [-0.4, -0.2) is 22.7 Å². The molecule has 0 atom stereocenters. The summed E-state index contributed by atoms with van der Waals surface area (Å²) in [5.74, 6) is -0.479. The zero-order chi connectivity index (χ0) is 15.0. The Morgan fingerprint density at radius 2 is 2.19 bits per heavy atom. The van der Waals surface area contributed by atoms with Crippen LogP contribution in [0.25, 0.3) is 0 Å². The molecule has 2 heterocycles. The molecular weight excluding hydrogens is 286 g/mol. The van der Waals surface area contributed by atoms with Crippen molar-refractivity contribution in [3.8, 4) is 0 Å². The third kappa shape index (κ3) is 2.42. The summed E-state index contributed by atoms with van der Waals surface area (Å²) in [7, 11) is 0. The molecule has 1 aliphatic rings. The molecule has 1 aromatic carbocycles. The smallest absolute Gasteiger partial charge is 0.261 e. The van der Waals surface area contributed by atoms with Gasteiger partial charge in [-0.25, -0.2) is 0 Å². The first-order valence-electron chi connectivity index (χ1n) is 6.73. The minimum atomic E-state index is -0.445. The first kappa shape index (κ1) is 13.8. The highest BCUT2D eigenvalue weighted by atomic mass is 32.1. The Balaban J connectivity index is 1.99. The number of carbonyl (C=O) groups is 2. The van der Waals surface area contributed by atoms with Crippen molar-refractivity contribution in [3.05, 3.63) is 46.0 Å². The third-order valence-corrected chi connectivity index (χ3v) is 4.43. The summed E-state index contributed by atoms with van der Waals surface area (Å²) < 4.78 is 4.16. The lowest BCUT2D eigenvalue weighted by molar-refractivity contribution is 0.0982. The molecule has 2 aromatic rings. The quantitative estimate of drug-likeness (QED) is 0.923. The number of fused-ring (bicyclic) bond motifs is 1. The lowest BCUT2D eigenvalue weighted by Crippen LogP contribution is -2.35. The van der Waals surface area contributed by atoms with Crippen LogP contribution < -0.4 is 10.6 Å². The minimum absolute atomic E-state index is 0.0333. The molecule has 0 bridgehead atoms. The van der Waals surface area contributed by atoms with Crippen molar-refractivity contribution < 1.29 is 9.59 Å². The Morgan fingerprint density at radius 1 is 1.38 bits per heavy atom. The van der Waals surface area contributed by atoms with Crippen molar-refractivity contribution in [2.24, 2.45) is 5.73 Å². The van der Waals surface area contributed by atoms with Crippen LogP contribution in [0.5, 0.6) is 0 Å². The topological polar surface area (TPSA) is 76.3 Å². The molecular formula is C15H15N3O2S. The van der Waals surface area contributed by atoms with Crippen LogP contribution in [-0.2, 0) is 6.42 Å². The standard InChI is InChI=1S/C15H15N3O2S/c1-9-12(8-21-17-9)15(20)18-6-2-3-10-7-11(14(16)19)4-5-13(10)18/h4-5,7-8H,2-3,6H2,1H3,(H2,16,19). The summed E-state index contributed by atoms with van der Waals surface area (Å²) in [6, 6.07) is 5.27. The Kier molecular flexibility index (Phi) is 3.47. The molecule has 3 rings (SSSR count). The second kappa shape index (κ2) is 5.29. The summed E-state index contributed by atoms with van der Waals surface area (Å²) in [6.45, 7) is 2.52. The summed E-state index contributed by atoms with van der Waals surface area (Å²) in [5, 5.41) is 1.78. The van der Waals surface area contributed by atoms with Gasteiger partial charge in [-0.15, -0.1) is 0 Å². The van der Waals surface area contributed by atoms with Crippen LogP contribution in [0.4, 0.5) is 5.69 Å². The van der Waals surface area contributed by atoms with Crippen LogP contribution in [0.15, 0.2) is 23.6 Å². The van der Waals surface area contributed by atoms with E-state index >= 15 is 0 Å². The lowest BCUT2D eigenvalue weighted by Gasteiger charge is -2.29. The number of anilines is 1. The molecule has 2 amide bonds. The second-order valence-corrected chi connectivity index (χ2v) is 5.71. The van der Waals surface area contributed by atoms with Gasteiger partial charge in [0, 0.05) is 23.2 Å². The molecule has 2 N–H and O–H groups in total. The third-order valence-electron chi connectivity index (χ3n) is 3.71. The zero-order valence-electron chi connectivity index (χ0n) is 11.6. The van der Waals surface area contributed by atoms with Gasteiger partial charge >= 0.3 is 0 Å². The van der Waals surface area contributed by atoms with Crippen LogP contribution in [0.1, 0.15) is 38.4 Å². The number of nitrogens with zero attached hydrogens (tertiary/aromatic N) is 2. The summed E-state index contributed by atoms with van der Waals surface area (Å²) in [4.78, 5) is 25.7. The molecule has 108 valence electrons. The van der Waals surface area contributed by atoms with E-state index in [-0.39, 0.29) is 5.91 Å². The Morgan fingerprint density at radius 3 is 2.86 bits per heavy atom. The average molecular weight is 301 g/mol. The first-order valence-corrected chi connectivity index (χ1v) is 7.57. The molecule has 21 heavy (non-hydrogen) atoms. The largest absolute Gasteiger partial charge is 0.366 e. The van der Waals surface area contributed by atoms with E-state index in [1.165, 1.54) is 11.5 Å².